The van der Waals surface area contributed by atoms with Gasteiger partial charge in [-0.2, -0.15) is 0 Å². The molecule has 2 aromatic rings. The molecule has 3 heterocycles. The van der Waals surface area contributed by atoms with Crippen LogP contribution in [0.1, 0.15) is 23.9 Å². The molecule has 16 heavy (non-hydrogen) atoms. The molecule has 0 aliphatic carbocycles. The lowest BCUT2D eigenvalue weighted by molar-refractivity contribution is 0.0603. The number of ether oxygens (including phenoxy) is 1. The Morgan fingerprint density at radius 1 is 1.56 bits per heavy atom. The summed E-state index contributed by atoms with van der Waals surface area (Å²) in [5.74, 6) is 0. The number of aromatic nitrogens is 2. The van der Waals surface area contributed by atoms with Gasteiger partial charge < -0.3 is 10.1 Å². The summed E-state index contributed by atoms with van der Waals surface area (Å²) < 4.78 is 8.05. The van der Waals surface area contributed by atoms with Crippen LogP contribution in [0.3, 0.4) is 0 Å². The lowest BCUT2D eigenvalue weighted by Crippen LogP contribution is -2.16. The number of hydrogen-bond acceptors (Lipinski definition) is 4. The zero-order valence-corrected chi connectivity index (χ0v) is 10.1. The number of rotatable bonds is 1. The van der Waals surface area contributed by atoms with Crippen LogP contribution in [0.5, 0.6) is 0 Å². The predicted molar refractivity (Wildman–Crippen MR) is 64.0 cm³/mol. The molecule has 4 nitrogen and oxygen atoms in total. The monoisotopic (exact) mass is 237 g/mol. The Labute approximate surface area is 98.3 Å². The predicted octanol–water partition coefficient (Wildman–Crippen LogP) is 1.76. The number of nitrogens with zero attached hydrogens (tertiary/aromatic N) is 2. The van der Waals surface area contributed by atoms with E-state index in [1.54, 1.807) is 11.3 Å². The molecule has 0 amide bonds. The minimum absolute atomic E-state index is 0.180. The van der Waals surface area contributed by atoms with Crippen molar-refractivity contribution in [2.75, 3.05) is 19.7 Å². The van der Waals surface area contributed by atoms with Crippen LogP contribution in [-0.4, -0.2) is 29.1 Å². The number of aryl methyl sites for hydroxylation is 1. The molecule has 2 aromatic heterocycles. The number of thiazole rings is 1. The molecule has 86 valence electrons. The molecule has 1 atom stereocenters. The third kappa shape index (κ3) is 1.65. The van der Waals surface area contributed by atoms with Gasteiger partial charge in [-0.3, -0.25) is 4.40 Å². The van der Waals surface area contributed by atoms with Crippen LogP contribution < -0.4 is 5.32 Å². The number of imidazole rings is 1. The van der Waals surface area contributed by atoms with E-state index >= 15 is 0 Å². The zero-order valence-electron chi connectivity index (χ0n) is 9.27. The Kier molecular flexibility index (Phi) is 2.67. The minimum Gasteiger partial charge on any atom is -0.371 e. The lowest BCUT2D eigenvalue weighted by atomic mass is 10.1. The third-order valence-electron chi connectivity index (χ3n) is 2.97. The first kappa shape index (κ1) is 10.3. The van der Waals surface area contributed by atoms with Crippen LogP contribution in [0.15, 0.2) is 11.6 Å². The van der Waals surface area contributed by atoms with Crippen LogP contribution in [0.25, 0.3) is 4.96 Å². The molecule has 1 fully saturated rings. The second-order valence-corrected chi connectivity index (χ2v) is 4.91. The van der Waals surface area contributed by atoms with E-state index in [1.165, 1.54) is 5.69 Å². The molecule has 3 rings (SSSR count). The molecule has 0 spiro atoms. The van der Waals surface area contributed by atoms with Gasteiger partial charge in [0, 0.05) is 18.1 Å². The molecule has 1 saturated heterocycles. The Hall–Kier alpha value is -0.910. The van der Waals surface area contributed by atoms with Crippen LogP contribution in [0.2, 0.25) is 0 Å². The fourth-order valence-corrected chi connectivity index (χ4v) is 3.00. The highest BCUT2D eigenvalue weighted by Crippen LogP contribution is 2.27. The van der Waals surface area contributed by atoms with Crippen LogP contribution >= 0.6 is 11.3 Å². The van der Waals surface area contributed by atoms with Crippen molar-refractivity contribution in [1.82, 2.24) is 14.7 Å². The quantitative estimate of drug-likeness (QED) is 0.821. The summed E-state index contributed by atoms with van der Waals surface area (Å²) in [5.41, 5.74) is 2.32. The second-order valence-electron chi connectivity index (χ2n) is 4.04. The van der Waals surface area contributed by atoms with Crippen molar-refractivity contribution < 1.29 is 4.74 Å². The second kappa shape index (κ2) is 4.16. The van der Waals surface area contributed by atoms with Gasteiger partial charge in [0.1, 0.15) is 6.10 Å². The SMILES string of the molecule is Cc1nc2sccn2c1C1CCNCCO1. The first-order valence-electron chi connectivity index (χ1n) is 5.60. The lowest BCUT2D eigenvalue weighted by Gasteiger charge is -2.14. The smallest absolute Gasteiger partial charge is 0.194 e. The maximum absolute atomic E-state index is 5.89. The van der Waals surface area contributed by atoms with Crippen molar-refractivity contribution in [1.29, 1.82) is 0 Å². The Morgan fingerprint density at radius 2 is 2.50 bits per heavy atom. The van der Waals surface area contributed by atoms with E-state index in [1.807, 2.05) is 0 Å². The van der Waals surface area contributed by atoms with Crippen molar-refractivity contribution in [3.63, 3.8) is 0 Å². The van der Waals surface area contributed by atoms with Gasteiger partial charge in [0.2, 0.25) is 0 Å². The maximum atomic E-state index is 5.89. The molecular weight excluding hydrogens is 222 g/mol. The van der Waals surface area contributed by atoms with Crippen molar-refractivity contribution in [2.45, 2.75) is 19.4 Å². The van der Waals surface area contributed by atoms with Crippen LogP contribution in [0, 0.1) is 6.92 Å². The van der Waals surface area contributed by atoms with E-state index < -0.39 is 0 Å². The highest BCUT2D eigenvalue weighted by Gasteiger charge is 2.21. The summed E-state index contributed by atoms with van der Waals surface area (Å²) in [5, 5.41) is 5.42. The fourth-order valence-electron chi connectivity index (χ4n) is 2.23. The molecule has 0 aromatic carbocycles. The molecule has 5 heteroatoms. The largest absolute Gasteiger partial charge is 0.371 e. The molecule has 1 aliphatic heterocycles. The Balaban J connectivity index is 2.02. The summed E-state index contributed by atoms with van der Waals surface area (Å²) in [4.78, 5) is 5.62. The van der Waals surface area contributed by atoms with E-state index in [9.17, 15) is 0 Å². The van der Waals surface area contributed by atoms with Crippen molar-refractivity contribution in [3.8, 4) is 0 Å². The van der Waals surface area contributed by atoms with Crippen molar-refractivity contribution in [2.24, 2.45) is 0 Å². The first-order chi connectivity index (χ1) is 7.86. The summed E-state index contributed by atoms with van der Waals surface area (Å²) >= 11 is 1.67. The summed E-state index contributed by atoms with van der Waals surface area (Å²) in [6, 6.07) is 0. The molecule has 0 radical (unpaired) electrons. The normalized spacial score (nSPS) is 22.4. The van der Waals surface area contributed by atoms with Gasteiger partial charge in [0.15, 0.2) is 4.96 Å². The molecule has 1 unspecified atom stereocenters. The van der Waals surface area contributed by atoms with E-state index in [0.29, 0.717) is 0 Å². The molecule has 0 bridgehead atoms. The number of hydrogen-bond donors (Lipinski definition) is 1. The van der Waals surface area contributed by atoms with E-state index in [4.69, 9.17) is 4.74 Å². The highest BCUT2D eigenvalue weighted by molar-refractivity contribution is 7.15. The fraction of sp³-hybridized carbons (Fsp3) is 0.545. The van der Waals surface area contributed by atoms with Gasteiger partial charge in [-0.25, -0.2) is 4.98 Å². The average molecular weight is 237 g/mol. The molecule has 1 aliphatic rings. The summed E-state index contributed by atoms with van der Waals surface area (Å²) in [7, 11) is 0. The van der Waals surface area contributed by atoms with Crippen molar-refractivity contribution in [3.05, 3.63) is 23.0 Å². The van der Waals surface area contributed by atoms with E-state index in [-0.39, 0.29) is 6.10 Å². The van der Waals surface area contributed by atoms with Gasteiger partial charge in [0.25, 0.3) is 0 Å². The zero-order chi connectivity index (χ0) is 11.0. The van der Waals surface area contributed by atoms with E-state index in [2.05, 4.69) is 33.2 Å². The Bertz CT molecular complexity index is 482. The first-order valence-corrected chi connectivity index (χ1v) is 6.48. The van der Waals surface area contributed by atoms with Crippen molar-refractivity contribution >= 4 is 16.3 Å². The topological polar surface area (TPSA) is 38.6 Å². The van der Waals surface area contributed by atoms with Gasteiger partial charge in [-0.05, 0) is 19.9 Å². The average Bonchev–Trinajstić information content (AvgIpc) is 2.70. The number of nitrogens with one attached hydrogen (secondary N) is 1. The number of fused-ring (bicyclic) bond motifs is 1. The minimum atomic E-state index is 0.180. The molecule has 0 saturated carbocycles. The summed E-state index contributed by atoms with van der Waals surface area (Å²) in [6.45, 7) is 4.81. The Morgan fingerprint density at radius 3 is 3.44 bits per heavy atom. The summed E-state index contributed by atoms with van der Waals surface area (Å²) in [6.07, 6.45) is 3.28. The van der Waals surface area contributed by atoms with Gasteiger partial charge in [-0.15, -0.1) is 11.3 Å². The van der Waals surface area contributed by atoms with Gasteiger partial charge in [0.05, 0.1) is 18.0 Å². The standard InChI is InChI=1S/C11H15N3OS/c1-8-10(9-2-3-12-4-6-15-9)14-5-7-16-11(14)13-8/h5,7,9,12H,2-4,6H2,1H3. The van der Waals surface area contributed by atoms with E-state index in [0.717, 1.165) is 36.8 Å². The molecule has 1 N–H and O–H groups in total. The molecular formula is C11H15N3OS. The van der Waals surface area contributed by atoms with Crippen LogP contribution in [0.4, 0.5) is 0 Å². The maximum Gasteiger partial charge on any atom is 0.194 e. The van der Waals surface area contributed by atoms with Gasteiger partial charge >= 0.3 is 0 Å². The highest BCUT2D eigenvalue weighted by atomic mass is 32.1. The third-order valence-corrected chi connectivity index (χ3v) is 3.73. The van der Waals surface area contributed by atoms with Gasteiger partial charge in [-0.1, -0.05) is 0 Å². The van der Waals surface area contributed by atoms with Crippen LogP contribution in [-0.2, 0) is 4.74 Å².